The van der Waals surface area contributed by atoms with Crippen LogP contribution < -0.4 is 0 Å². The van der Waals surface area contributed by atoms with E-state index in [4.69, 9.17) is 63.9 Å². The van der Waals surface area contributed by atoms with Crippen LogP contribution in [0.5, 0.6) is 0 Å². The summed E-state index contributed by atoms with van der Waals surface area (Å²) >= 11 is -6.88. The van der Waals surface area contributed by atoms with Gasteiger partial charge in [-0.05, 0) is 37.8 Å². The van der Waals surface area contributed by atoms with Crippen LogP contribution in [0.1, 0.15) is 20.8 Å². The number of hydrogen-bond acceptors (Lipinski definition) is 18. The molecule has 2 saturated heterocycles. The molecule has 0 amide bonds. The maximum atomic E-state index is 11.7. The maximum absolute atomic E-state index is 11.7. The van der Waals surface area contributed by atoms with E-state index in [1.807, 2.05) is 6.92 Å². The molecule has 2 bridgehead atoms. The Morgan fingerprint density at radius 2 is 1.05 bits per heavy atom. The van der Waals surface area contributed by atoms with Crippen molar-refractivity contribution in [3.63, 3.8) is 0 Å². The van der Waals surface area contributed by atoms with Gasteiger partial charge in [0.1, 0.15) is 0 Å². The third-order valence-electron chi connectivity index (χ3n) is 6.40. The Labute approximate surface area is 265 Å². The highest BCUT2D eigenvalue weighted by atomic mass is 28.5. The first-order chi connectivity index (χ1) is 19.4. The summed E-state index contributed by atoms with van der Waals surface area (Å²) in [5.74, 6) is 0. The Hall–Kier alpha value is 1.86. The first-order valence-corrected chi connectivity index (χ1v) is 30.1. The minimum absolute atomic E-state index is 0.293. The molecule has 0 aromatic rings. The van der Waals surface area contributed by atoms with Crippen molar-refractivity contribution in [1.29, 1.82) is 0 Å². The second-order valence-corrected chi connectivity index (χ2v) is 35.0. The number of fused-ring (bicyclic) bond motifs is 2. The van der Waals surface area contributed by atoms with E-state index < -0.39 is 92.2 Å². The van der Waals surface area contributed by atoms with Crippen LogP contribution in [0.2, 0.25) is 37.8 Å². The molecule has 0 aromatic heterocycles. The van der Waals surface area contributed by atoms with E-state index in [0.717, 1.165) is 0 Å². The summed E-state index contributed by atoms with van der Waals surface area (Å²) in [5.41, 5.74) is 0. The summed E-state index contributed by atoms with van der Waals surface area (Å²) in [7, 11) is -19.7. The van der Waals surface area contributed by atoms with Crippen molar-refractivity contribution in [3.8, 4) is 0 Å². The van der Waals surface area contributed by atoms with Crippen LogP contribution in [-0.4, -0.2) is 144 Å². The molecule has 27 heteroatoms. The second kappa shape index (κ2) is 15.8. The Balaban J connectivity index is 2.79. The van der Waals surface area contributed by atoms with Crippen LogP contribution in [0.25, 0.3) is 0 Å². The molecule has 42 heavy (non-hydrogen) atoms. The summed E-state index contributed by atoms with van der Waals surface area (Å²) in [6.07, 6.45) is 0. The fraction of sp³-hybridized carbons (Fsp3) is 1.00. The lowest BCUT2D eigenvalue weighted by Gasteiger charge is -2.46. The van der Waals surface area contributed by atoms with Gasteiger partial charge < -0.3 is 73.5 Å². The van der Waals surface area contributed by atoms with Crippen LogP contribution in [0, 0.1) is 0 Å². The first kappa shape index (κ1) is 40.0. The molecule has 2 aliphatic rings. The molecule has 2 N–H and O–H groups in total. The van der Waals surface area contributed by atoms with Crippen molar-refractivity contribution in [2.75, 3.05) is 42.7 Å². The normalized spacial score (nSPS) is 33.6. The zero-order valence-electron chi connectivity index (χ0n) is 26.2. The molecule has 18 nitrogen and oxygen atoms in total. The number of hydrogen-bond donors (Lipinski definition) is 2. The lowest BCUT2D eigenvalue weighted by Crippen LogP contribution is -2.73. The molecule has 0 aliphatic carbocycles. The third kappa shape index (κ3) is 10.2. The molecule has 0 aromatic carbocycles. The summed E-state index contributed by atoms with van der Waals surface area (Å²) < 4.78 is 95.4. The van der Waals surface area contributed by atoms with E-state index in [2.05, 4.69) is 0 Å². The highest BCUT2D eigenvalue weighted by Crippen LogP contribution is 2.34. The summed E-state index contributed by atoms with van der Waals surface area (Å²) in [5, 5.41) is 0. The zero-order valence-corrected chi connectivity index (χ0v) is 35.5. The first-order valence-electron chi connectivity index (χ1n) is 13.1. The highest BCUT2D eigenvalue weighted by molar-refractivity contribution is 6.89. The average Bonchev–Trinajstić information content (AvgIpc) is 2.94. The van der Waals surface area contributed by atoms with E-state index in [1.54, 1.807) is 33.5 Å². The third-order valence-corrected chi connectivity index (χ3v) is 36.9. The Bertz CT molecular complexity index is 862. The zero-order chi connectivity index (χ0) is 32.1. The molecule has 2 rings (SSSR count). The molecule has 2 fully saturated rings. The monoisotopic (exact) mass is 762 g/mol. The predicted octanol–water partition coefficient (Wildman–Crippen LogP) is 0.0305. The second-order valence-electron chi connectivity index (χ2n) is 9.44. The minimum atomic E-state index is -4.50. The molecule has 4 atom stereocenters. The largest absolute Gasteiger partial charge is 0.882 e. The van der Waals surface area contributed by atoms with E-state index in [0.29, 0.717) is 18.1 Å². The average molecular weight is 763 g/mol. The SMILES string of the molecule is CC[Si@@]1(C)[O][Al]([O][Si@@](C)(O)CC)[O][Si](OC)(OC)O[Si](OC)(OC)O[Si](OC)(OC)[O][Al]2[O][Si](O)(O1)O[Si@](C)(CC)[O]2. The summed E-state index contributed by atoms with van der Waals surface area (Å²) in [4.78, 5) is 22.7. The molecule has 1 unspecified atom stereocenters. The summed E-state index contributed by atoms with van der Waals surface area (Å²) in [6.45, 7) is 10.4. The van der Waals surface area contributed by atoms with Gasteiger partial charge in [0.2, 0.25) is 0 Å². The van der Waals surface area contributed by atoms with Crippen molar-refractivity contribution in [2.24, 2.45) is 0 Å². The van der Waals surface area contributed by atoms with Crippen molar-refractivity contribution in [3.05, 3.63) is 0 Å². The van der Waals surface area contributed by atoms with Crippen molar-refractivity contribution in [2.45, 2.75) is 58.5 Å². The van der Waals surface area contributed by atoms with Crippen molar-refractivity contribution >= 4 is 92.2 Å². The fourth-order valence-corrected chi connectivity index (χ4v) is 34.4. The van der Waals surface area contributed by atoms with Gasteiger partial charge in [0, 0.05) is 42.7 Å². The van der Waals surface area contributed by atoms with E-state index in [1.165, 1.54) is 42.7 Å². The maximum Gasteiger partial charge on any atom is 0.882 e. The van der Waals surface area contributed by atoms with E-state index in [9.17, 15) is 9.59 Å². The van der Waals surface area contributed by atoms with Crippen LogP contribution >= 0.6 is 0 Å². The molecule has 2 aliphatic heterocycles. The molecule has 0 spiro atoms. The fourth-order valence-electron chi connectivity index (χ4n) is 3.32. The Morgan fingerprint density at radius 1 is 0.619 bits per heavy atom. The Kier molecular flexibility index (Phi) is 15.1. The van der Waals surface area contributed by atoms with E-state index in [-0.39, 0.29) is 0 Å². The van der Waals surface area contributed by atoms with Crippen LogP contribution in [0.3, 0.4) is 0 Å². The van der Waals surface area contributed by atoms with Crippen LogP contribution in [-0.2, 0) is 63.9 Å². The molecule has 0 saturated carbocycles. The lowest BCUT2D eigenvalue weighted by molar-refractivity contribution is -0.0413. The molecule has 0 radical (unpaired) electrons. The van der Waals surface area contributed by atoms with Gasteiger partial charge in [-0.3, -0.25) is 0 Å². The molecular weight excluding hydrogens is 719 g/mol. The van der Waals surface area contributed by atoms with Gasteiger partial charge in [-0.2, -0.15) is 0 Å². The number of rotatable bonds is 11. The van der Waals surface area contributed by atoms with Gasteiger partial charge in [0.25, 0.3) is 0 Å². The van der Waals surface area contributed by atoms with Crippen molar-refractivity contribution < 1.29 is 73.5 Å². The highest BCUT2D eigenvalue weighted by Gasteiger charge is 2.71. The van der Waals surface area contributed by atoms with Gasteiger partial charge in [0.05, 0.1) is 0 Å². The standard InChI is InChI=1S/C6H18O10Si3.C6H17O6Si3.C3H9O2Si.2Al/c1-9-17(7,10-2)15-19(13-5,14-6)16-18(8,11-3)12-4;1-5-13(3,7)11-15(9,10)12-14(4,8)6-2;1-3-6(2,4)5;;/h1-6H3;9H,5-6H2,1-4H3;4H,3H2,1-2H3;;/q-2;-3;-1;2*+3/t;13-,14+,15?;6-;;/m..1../s1. The molecular formula is C15H44Al2O18Si7. The van der Waals surface area contributed by atoms with E-state index >= 15 is 0 Å². The smallest absolute Gasteiger partial charge is 0.479 e. The van der Waals surface area contributed by atoms with Crippen molar-refractivity contribution in [1.82, 2.24) is 0 Å². The van der Waals surface area contributed by atoms with Gasteiger partial charge in [0.15, 0.2) is 0 Å². The van der Waals surface area contributed by atoms with Gasteiger partial charge in [-0.15, -0.1) is 0 Å². The van der Waals surface area contributed by atoms with Crippen LogP contribution in [0.15, 0.2) is 0 Å². The lowest BCUT2D eigenvalue weighted by atomic mass is 11.0. The van der Waals surface area contributed by atoms with Gasteiger partial charge in [-0.25, -0.2) is 0 Å². The molecule has 2 heterocycles. The topological polar surface area (TPSA) is 188 Å². The summed E-state index contributed by atoms with van der Waals surface area (Å²) in [6, 6.07) is 1.03. The predicted molar refractivity (Wildman–Crippen MR) is 158 cm³/mol. The van der Waals surface area contributed by atoms with Gasteiger partial charge in [-0.1, -0.05) is 20.8 Å². The van der Waals surface area contributed by atoms with Crippen LogP contribution in [0.4, 0.5) is 0 Å². The quantitative estimate of drug-likeness (QED) is 0.268. The Morgan fingerprint density at radius 3 is 1.45 bits per heavy atom. The molecule has 246 valence electrons. The van der Waals surface area contributed by atoms with Gasteiger partial charge >= 0.3 is 92.2 Å². The minimum Gasteiger partial charge on any atom is -0.479 e.